The molecule has 0 saturated carbocycles. The molecule has 0 aliphatic heterocycles. The van der Waals surface area contributed by atoms with Gasteiger partial charge in [-0.15, -0.1) is 0 Å². The van der Waals surface area contributed by atoms with E-state index >= 15 is 0 Å². The molecule has 0 heterocycles. The minimum absolute atomic E-state index is 0.284. The molecule has 4 nitrogen and oxygen atoms in total. The van der Waals surface area contributed by atoms with Crippen LogP contribution in [0.15, 0.2) is 54.6 Å². The molecule has 0 amide bonds. The lowest BCUT2D eigenvalue weighted by Crippen LogP contribution is -2.42. The Morgan fingerprint density at radius 2 is 1.77 bits per heavy atom. The van der Waals surface area contributed by atoms with Gasteiger partial charge < -0.3 is 14.8 Å². The van der Waals surface area contributed by atoms with E-state index < -0.39 is 11.5 Å². The van der Waals surface area contributed by atoms with E-state index in [0.717, 1.165) is 17.0 Å². The Hall–Kier alpha value is -2.93. The molecule has 0 aliphatic carbocycles. The lowest BCUT2D eigenvalue weighted by Gasteiger charge is -2.30. The second-order valence-corrected chi connectivity index (χ2v) is 6.38. The van der Waals surface area contributed by atoms with Crippen LogP contribution in [0.1, 0.15) is 26.3 Å². The molecular formula is C22H25NO3. The van der Waals surface area contributed by atoms with Gasteiger partial charge in [-0.05, 0) is 57.2 Å². The topological polar surface area (TPSA) is 47.6 Å². The zero-order chi connectivity index (χ0) is 19.0. The molecule has 0 spiro atoms. The summed E-state index contributed by atoms with van der Waals surface area (Å²) in [6.45, 7) is 5.82. The van der Waals surface area contributed by atoms with Gasteiger partial charge in [0, 0.05) is 11.3 Å². The predicted octanol–water partition coefficient (Wildman–Crippen LogP) is 4.12. The summed E-state index contributed by atoms with van der Waals surface area (Å²) in [7, 11) is 1.63. The first-order valence-corrected chi connectivity index (χ1v) is 8.61. The van der Waals surface area contributed by atoms with Gasteiger partial charge in [0.15, 0.2) is 0 Å². The highest BCUT2D eigenvalue weighted by Gasteiger charge is 2.37. The molecule has 26 heavy (non-hydrogen) atoms. The lowest BCUT2D eigenvalue weighted by atomic mass is 9.84. The van der Waals surface area contributed by atoms with Crippen LogP contribution in [0.3, 0.4) is 0 Å². The van der Waals surface area contributed by atoms with Crippen LogP contribution in [0.5, 0.6) is 5.75 Å². The zero-order valence-electron chi connectivity index (χ0n) is 15.7. The second-order valence-electron chi connectivity index (χ2n) is 6.38. The average molecular weight is 351 g/mol. The fourth-order valence-corrected chi connectivity index (χ4v) is 2.36. The van der Waals surface area contributed by atoms with E-state index in [4.69, 9.17) is 9.47 Å². The summed E-state index contributed by atoms with van der Waals surface area (Å²) < 4.78 is 10.4. The molecule has 2 aromatic rings. The Bertz CT molecular complexity index is 771. The minimum Gasteiger partial charge on any atom is -0.497 e. The van der Waals surface area contributed by atoms with Gasteiger partial charge in [0.25, 0.3) is 0 Å². The molecule has 136 valence electrons. The smallest absolute Gasteiger partial charge is 0.314 e. The Morgan fingerprint density at radius 1 is 1.12 bits per heavy atom. The van der Waals surface area contributed by atoms with Crippen LogP contribution in [-0.4, -0.2) is 25.7 Å². The average Bonchev–Trinajstić information content (AvgIpc) is 2.66. The highest BCUT2D eigenvalue weighted by atomic mass is 16.5. The third-order valence-electron chi connectivity index (χ3n) is 4.06. The van der Waals surface area contributed by atoms with Gasteiger partial charge in [-0.2, -0.15) is 0 Å². The standard InChI is InChI=1S/C22H25NO3/c1-5-26-21(24)22(2,3)20(16-11-17-9-7-6-8-10-17)23-18-12-14-19(25-4)15-13-18/h6-10,12-15,20,23H,5H2,1-4H3. The summed E-state index contributed by atoms with van der Waals surface area (Å²) in [4.78, 5) is 12.5. The number of esters is 1. The maximum Gasteiger partial charge on any atom is 0.314 e. The molecule has 0 saturated heterocycles. The molecule has 4 heteroatoms. The SMILES string of the molecule is CCOC(=O)C(C)(C)C(C#Cc1ccccc1)Nc1ccc(OC)cc1. The lowest BCUT2D eigenvalue weighted by molar-refractivity contribution is -0.153. The van der Waals surface area contributed by atoms with Gasteiger partial charge in [0.1, 0.15) is 11.8 Å². The summed E-state index contributed by atoms with van der Waals surface area (Å²) >= 11 is 0. The monoisotopic (exact) mass is 351 g/mol. The van der Waals surface area contributed by atoms with Crippen molar-refractivity contribution in [3.05, 3.63) is 60.2 Å². The van der Waals surface area contributed by atoms with E-state index in [1.54, 1.807) is 14.0 Å². The van der Waals surface area contributed by atoms with Crippen molar-refractivity contribution in [3.63, 3.8) is 0 Å². The van der Waals surface area contributed by atoms with E-state index in [1.807, 2.05) is 68.4 Å². The highest BCUT2D eigenvalue weighted by molar-refractivity contribution is 5.78. The van der Waals surface area contributed by atoms with Crippen LogP contribution in [-0.2, 0) is 9.53 Å². The number of carbonyl (C=O) groups excluding carboxylic acids is 1. The maximum absolute atomic E-state index is 12.5. The number of hydrogen-bond acceptors (Lipinski definition) is 4. The normalized spacial score (nSPS) is 11.7. The molecule has 0 bridgehead atoms. The van der Waals surface area contributed by atoms with Crippen molar-refractivity contribution in [1.82, 2.24) is 0 Å². The van der Waals surface area contributed by atoms with E-state index in [-0.39, 0.29) is 5.97 Å². The van der Waals surface area contributed by atoms with Crippen molar-refractivity contribution >= 4 is 11.7 Å². The first-order chi connectivity index (χ1) is 12.5. The van der Waals surface area contributed by atoms with Crippen LogP contribution in [0.4, 0.5) is 5.69 Å². The number of benzene rings is 2. The molecule has 0 fully saturated rings. The van der Waals surface area contributed by atoms with Crippen molar-refractivity contribution in [2.24, 2.45) is 5.41 Å². The van der Waals surface area contributed by atoms with Crippen molar-refractivity contribution in [3.8, 4) is 17.6 Å². The van der Waals surface area contributed by atoms with Gasteiger partial charge in [0.2, 0.25) is 0 Å². The predicted molar refractivity (Wildman–Crippen MR) is 104 cm³/mol. The number of carbonyl (C=O) groups is 1. The third kappa shape index (κ3) is 5.03. The van der Waals surface area contributed by atoms with Gasteiger partial charge in [-0.1, -0.05) is 30.0 Å². The molecule has 0 radical (unpaired) electrons. The van der Waals surface area contributed by atoms with Gasteiger partial charge >= 0.3 is 5.97 Å². The highest BCUT2D eigenvalue weighted by Crippen LogP contribution is 2.26. The summed E-state index contributed by atoms with van der Waals surface area (Å²) in [6.07, 6.45) is 0. The third-order valence-corrected chi connectivity index (χ3v) is 4.06. The number of hydrogen-bond donors (Lipinski definition) is 1. The Kier molecular flexibility index (Phi) is 6.68. The van der Waals surface area contributed by atoms with E-state index in [1.165, 1.54) is 0 Å². The van der Waals surface area contributed by atoms with Gasteiger partial charge in [-0.3, -0.25) is 4.79 Å². The number of rotatable bonds is 6. The number of anilines is 1. The summed E-state index contributed by atoms with van der Waals surface area (Å²) in [6, 6.07) is 16.8. The number of nitrogens with one attached hydrogen (secondary N) is 1. The maximum atomic E-state index is 12.5. The van der Waals surface area contributed by atoms with E-state index in [0.29, 0.717) is 6.61 Å². The fraction of sp³-hybridized carbons (Fsp3) is 0.318. The van der Waals surface area contributed by atoms with Gasteiger partial charge in [0.05, 0.1) is 19.1 Å². The summed E-state index contributed by atoms with van der Waals surface area (Å²) in [5.74, 6) is 6.83. The second kappa shape index (κ2) is 8.96. The van der Waals surface area contributed by atoms with Crippen molar-refractivity contribution in [2.45, 2.75) is 26.8 Å². The van der Waals surface area contributed by atoms with E-state index in [2.05, 4.69) is 17.2 Å². The molecule has 1 atom stereocenters. The van der Waals surface area contributed by atoms with Gasteiger partial charge in [-0.25, -0.2) is 0 Å². The Labute approximate surface area is 155 Å². The van der Waals surface area contributed by atoms with Crippen LogP contribution in [0.25, 0.3) is 0 Å². The first kappa shape index (κ1) is 19.4. The van der Waals surface area contributed by atoms with Crippen LogP contribution in [0.2, 0.25) is 0 Å². The number of ether oxygens (including phenoxy) is 2. The minimum atomic E-state index is -0.822. The van der Waals surface area contributed by atoms with Crippen molar-refractivity contribution in [1.29, 1.82) is 0 Å². The van der Waals surface area contributed by atoms with Crippen LogP contribution < -0.4 is 10.1 Å². The first-order valence-electron chi connectivity index (χ1n) is 8.61. The Morgan fingerprint density at radius 3 is 2.35 bits per heavy atom. The molecule has 2 aromatic carbocycles. The zero-order valence-corrected chi connectivity index (χ0v) is 15.7. The number of methoxy groups -OCH3 is 1. The molecule has 1 N–H and O–H groups in total. The molecule has 1 unspecified atom stereocenters. The van der Waals surface area contributed by atoms with Crippen molar-refractivity contribution in [2.75, 3.05) is 19.0 Å². The van der Waals surface area contributed by atoms with E-state index in [9.17, 15) is 4.79 Å². The van der Waals surface area contributed by atoms with Crippen molar-refractivity contribution < 1.29 is 14.3 Å². The van der Waals surface area contributed by atoms with Crippen LogP contribution >= 0.6 is 0 Å². The Balaban J connectivity index is 2.31. The molecular weight excluding hydrogens is 326 g/mol. The fourth-order valence-electron chi connectivity index (χ4n) is 2.36. The molecule has 0 aromatic heterocycles. The molecule has 0 aliphatic rings. The largest absolute Gasteiger partial charge is 0.497 e. The quantitative estimate of drug-likeness (QED) is 0.628. The molecule has 2 rings (SSSR count). The van der Waals surface area contributed by atoms with Crippen LogP contribution in [0, 0.1) is 17.3 Å². The summed E-state index contributed by atoms with van der Waals surface area (Å²) in [5, 5.41) is 3.35. The summed E-state index contributed by atoms with van der Waals surface area (Å²) in [5.41, 5.74) is 0.932.